The lowest BCUT2D eigenvalue weighted by atomic mass is 9.94. The summed E-state index contributed by atoms with van der Waals surface area (Å²) in [4.78, 5) is 57.5. The molecule has 9 aromatic rings. The van der Waals surface area contributed by atoms with E-state index in [0.717, 1.165) is 116 Å². The predicted molar refractivity (Wildman–Crippen MR) is 387 cm³/mol. The number of nitrogen functional groups attached to an aromatic ring is 4. The molecule has 494 valence electrons. The van der Waals surface area contributed by atoms with Crippen LogP contribution in [0.4, 0.5) is 40.0 Å². The number of ketones is 1. The van der Waals surface area contributed by atoms with Crippen molar-refractivity contribution in [1.82, 2.24) is 29.9 Å². The van der Waals surface area contributed by atoms with Crippen molar-refractivity contribution >= 4 is 213 Å². The van der Waals surface area contributed by atoms with Gasteiger partial charge in [0, 0.05) is 46.3 Å². The van der Waals surface area contributed by atoms with E-state index in [4.69, 9.17) is 50.8 Å². The number of methoxy groups -OCH3 is 2. The van der Waals surface area contributed by atoms with Crippen LogP contribution >= 0.6 is 120 Å². The number of hydrogen-bond acceptors (Lipinski definition) is 23. The van der Waals surface area contributed by atoms with Gasteiger partial charge < -0.3 is 52.9 Å². The van der Waals surface area contributed by atoms with E-state index in [9.17, 15) is 22.9 Å². The van der Waals surface area contributed by atoms with Crippen LogP contribution in [0.3, 0.4) is 0 Å². The molecular weight excluding hydrogens is 1410 g/mol. The van der Waals surface area contributed by atoms with Gasteiger partial charge in [0.2, 0.25) is 17.8 Å². The van der Waals surface area contributed by atoms with Gasteiger partial charge in [-0.2, -0.15) is 4.98 Å². The molecule has 13 rings (SSSR count). The third-order valence-corrected chi connectivity index (χ3v) is 19.1. The van der Waals surface area contributed by atoms with Crippen LogP contribution in [0.25, 0.3) is 30.6 Å². The summed E-state index contributed by atoms with van der Waals surface area (Å²) in [5.41, 5.74) is 35.4. The molecule has 0 radical (unpaired) electrons. The Morgan fingerprint density at radius 1 is 0.703 bits per heavy atom. The van der Waals surface area contributed by atoms with Crippen molar-refractivity contribution in [1.29, 1.82) is 5.41 Å². The normalized spacial score (nSPS) is 13.7. The fourth-order valence-corrected chi connectivity index (χ4v) is 15.7. The van der Waals surface area contributed by atoms with Crippen molar-refractivity contribution in [3.63, 3.8) is 0 Å². The van der Waals surface area contributed by atoms with Crippen LogP contribution in [0, 0.1) is 5.41 Å². The molecule has 0 spiro atoms. The Morgan fingerprint density at radius 3 is 1.53 bits per heavy atom. The molecule has 0 aliphatic heterocycles. The molecule has 1 atom stereocenters. The SMILES string of the molecule is CC(=O)c1c(N)sc2c1CCCC2.CNc1ccc(OC)cc1.COc1ccc(N(C)c2nc(N)nc3sc4c(c23)CCCC4)cc1.Cl.N=C(N)Cl.Nc1nc(Cl)c2c3c(sc2n1)CCCC3.Nc1nc2sc3c(c2c(=O)[nH]1)CCCC3.O=P(Cl)(Cl)Cl.[2H]CS(=O)[O-]. The van der Waals surface area contributed by atoms with E-state index in [1.54, 1.807) is 66.5 Å². The maximum Gasteiger partial charge on any atom is 0.339 e. The molecule has 4 aliphatic rings. The number of nitrogens with zero attached hydrogens (tertiary/aromatic N) is 6. The summed E-state index contributed by atoms with van der Waals surface area (Å²) in [5, 5.41) is 9.68. The third-order valence-electron chi connectivity index (χ3n) is 14.2. The molecule has 0 bridgehead atoms. The zero-order valence-corrected chi connectivity index (χ0v) is 59.9. The minimum atomic E-state index is -3.22. The van der Waals surface area contributed by atoms with Crippen LogP contribution in [0.1, 0.15) is 112 Å². The largest absolute Gasteiger partial charge is 0.773 e. The summed E-state index contributed by atoms with van der Waals surface area (Å²) in [5.74, 6) is 3.55. The minimum absolute atomic E-state index is 0. The standard InChI is InChI=1S/C18H20N4OS.C10H10ClN3S.C10H11N3OS.C10H13NOS.C8H11NO.CH3ClN2.CH4O2S.Cl3OP.ClH/c1-22(11-7-9-12(23-2)10-8-11)16-15-13-5-3-4-6-14(13)24-17(15)21-18(19)20-16;11-8-7-5-3-1-2-4-6(5)15-9(7)14-10(12)13-8;11-10-12-8(14)7-5-3-1-2-4-6(5)15-9(7)13-10;1-6(12)9-7-4-2-3-5-8(7)13-10(9)11;1-9-7-3-5-8(10-2)6-4-7;2-1(3)4;1-4(2)3;1-5(2,3)4;/h7-10H,3-6H2,1-2H3,(H2,19,20,21);1-4H2,(H2,12,13,14);1-4H2,(H3,11,12,13,14);2-5,11H2,1H3;3-6,9H,1-2H3;(H3,3,4);1H3,(H,2,3);;1H/p-1/i;;;;;;1D;;. The number of benzene rings is 2. The number of Topliss-reactive ketones (excluding diaryl/α,β-unsaturated/α-hetero) is 1. The van der Waals surface area contributed by atoms with Crippen LogP contribution in [0.2, 0.25) is 5.15 Å². The van der Waals surface area contributed by atoms with Gasteiger partial charge in [-0.25, -0.2) is 19.9 Å². The zero-order chi connectivity index (χ0) is 66.7. The van der Waals surface area contributed by atoms with Gasteiger partial charge in [0.05, 0.1) is 40.9 Å². The summed E-state index contributed by atoms with van der Waals surface area (Å²) in [7, 11) is 7.25. The number of carbonyl (C=O) groups is 1. The zero-order valence-electron chi connectivity index (χ0n) is 51.4. The first-order valence-corrected chi connectivity index (χ1v) is 37.7. The Morgan fingerprint density at radius 2 is 1.09 bits per heavy atom. The molecule has 0 amide bonds. The Labute approximate surface area is 578 Å². The molecule has 13 N–H and O–H groups in total. The second kappa shape index (κ2) is 36.4. The second-order valence-electron chi connectivity index (χ2n) is 20.2. The van der Waals surface area contributed by atoms with Crippen molar-refractivity contribution in [3.05, 3.63) is 111 Å². The van der Waals surface area contributed by atoms with E-state index in [0.29, 0.717) is 11.1 Å². The number of aromatic amines is 1. The second-order valence-corrected chi connectivity index (χ2v) is 32.6. The molecule has 0 saturated heterocycles. The number of amidine groups is 1. The van der Waals surface area contributed by atoms with Gasteiger partial charge in [0.15, 0.2) is 11.1 Å². The molecule has 1 unspecified atom stereocenters. The summed E-state index contributed by atoms with van der Waals surface area (Å²) in [6.07, 6.45) is 18.0. The molecule has 0 saturated carbocycles. The van der Waals surface area contributed by atoms with E-state index in [-0.39, 0.29) is 40.9 Å². The van der Waals surface area contributed by atoms with E-state index >= 15 is 0 Å². The first-order chi connectivity index (χ1) is 43.2. The van der Waals surface area contributed by atoms with Crippen LogP contribution in [0.5, 0.6) is 11.5 Å². The monoisotopic (exact) mass is 1480 g/mol. The number of hydrogen-bond donors (Lipinski definition) is 8. The van der Waals surface area contributed by atoms with E-state index in [1.165, 1.54) is 98.5 Å². The number of halogens is 6. The number of thiophene rings is 4. The van der Waals surface area contributed by atoms with Crippen LogP contribution in [-0.4, -0.2) is 84.3 Å². The Balaban J connectivity index is 0.000000202. The fourth-order valence-electron chi connectivity index (χ4n) is 10.4. The number of aromatic nitrogens is 6. The molecule has 33 heteroatoms. The summed E-state index contributed by atoms with van der Waals surface area (Å²) < 4.78 is 44.1. The highest BCUT2D eigenvalue weighted by atomic mass is 36.0. The number of nitrogens with one attached hydrogen (secondary N) is 3. The average molecular weight is 1480 g/mol. The van der Waals surface area contributed by atoms with Gasteiger partial charge in [-0.05, 0) is 232 Å². The van der Waals surface area contributed by atoms with Gasteiger partial charge in [0.25, 0.3) is 5.56 Å². The molecule has 4 aliphatic carbocycles. The topological polar surface area (TPSA) is 359 Å². The molecule has 2 aromatic carbocycles. The number of fused-ring (bicyclic) bond motifs is 10. The lowest BCUT2D eigenvalue weighted by molar-refractivity contribution is 0.101. The first kappa shape index (κ1) is 74.7. The number of ether oxygens (including phenoxy) is 2. The van der Waals surface area contributed by atoms with E-state index < -0.39 is 22.5 Å². The Bertz CT molecular complexity index is 4050. The number of H-pyrrole nitrogens is 1. The van der Waals surface area contributed by atoms with Crippen molar-refractivity contribution in [2.75, 3.05) is 67.7 Å². The lowest BCUT2D eigenvalue weighted by Crippen LogP contribution is -2.14. The quantitative estimate of drug-likeness (QED) is 0.0146. The van der Waals surface area contributed by atoms with Crippen molar-refractivity contribution in [3.8, 4) is 11.5 Å². The van der Waals surface area contributed by atoms with Crippen LogP contribution in [-0.2, 0) is 67.0 Å². The molecule has 0 fully saturated rings. The maximum absolute atomic E-state index is 11.8. The highest BCUT2D eigenvalue weighted by molar-refractivity contribution is 8.24. The number of anilines is 7. The Kier molecular flexibility index (Phi) is 29.9. The summed E-state index contributed by atoms with van der Waals surface area (Å²) >= 11 is 29.1. The first-order valence-electron chi connectivity index (χ1n) is 28.7. The van der Waals surface area contributed by atoms with Gasteiger partial charge in [-0.1, -0.05) is 22.7 Å². The van der Waals surface area contributed by atoms with E-state index in [2.05, 4.69) is 91.2 Å². The number of aryl methyl sites for hydroxylation is 7. The number of rotatable bonds is 6. The van der Waals surface area contributed by atoms with Crippen molar-refractivity contribution in [2.24, 2.45) is 5.73 Å². The van der Waals surface area contributed by atoms with Crippen molar-refractivity contribution in [2.45, 2.75) is 110 Å². The number of carbonyl (C=O) groups excluding carboxylic acids is 1. The molecule has 21 nitrogen and oxygen atoms in total. The highest BCUT2D eigenvalue weighted by Crippen LogP contribution is 2.61. The molecule has 7 heterocycles. The average Bonchev–Trinajstić information content (AvgIpc) is 1.62. The lowest BCUT2D eigenvalue weighted by Gasteiger charge is -2.21. The summed E-state index contributed by atoms with van der Waals surface area (Å²) in [6.45, 7) is 1.60. The maximum atomic E-state index is 11.8. The van der Waals surface area contributed by atoms with Crippen LogP contribution < -0.4 is 53.9 Å². The smallest absolute Gasteiger partial charge is 0.339 e. The van der Waals surface area contributed by atoms with Crippen LogP contribution in [0.15, 0.2) is 53.3 Å². The van der Waals surface area contributed by atoms with Gasteiger partial charge in [-0.15, -0.1) is 57.8 Å². The predicted octanol–water partition coefficient (Wildman–Crippen LogP) is 15.2. The van der Waals surface area contributed by atoms with E-state index in [1.807, 2.05) is 62.6 Å². The Hall–Kier alpha value is -5.32. The molecule has 7 aromatic heterocycles. The van der Waals surface area contributed by atoms with Gasteiger partial charge in [0.1, 0.15) is 37.0 Å². The fraction of sp³-hybridized carbons (Fsp3) is 0.379. The van der Waals surface area contributed by atoms with Gasteiger partial charge in [-0.3, -0.25) is 28.8 Å². The van der Waals surface area contributed by atoms with Gasteiger partial charge >= 0.3 is 5.20 Å². The third kappa shape index (κ3) is 22.4. The summed E-state index contributed by atoms with van der Waals surface area (Å²) in [6, 6.07) is 15.8. The van der Waals surface area contributed by atoms with Crippen molar-refractivity contribution < 1.29 is 29.0 Å². The number of nitrogens with two attached hydrogens (primary N) is 5. The molecular formula is C58H72Cl6N14O7PS5-. The minimum Gasteiger partial charge on any atom is -0.773 e. The highest BCUT2D eigenvalue weighted by Gasteiger charge is 2.25. The molecule has 91 heavy (non-hydrogen) atoms.